The van der Waals surface area contributed by atoms with Crippen molar-refractivity contribution < 1.29 is 14.8 Å². The minimum Gasteiger partial charge on any atom is -0.478 e. The minimum atomic E-state index is -1.02. The number of nitro benzene ring substituents is 1. The van der Waals surface area contributed by atoms with E-state index in [4.69, 9.17) is 16.7 Å². The predicted molar refractivity (Wildman–Crippen MR) is 73.2 cm³/mol. The molecule has 0 fully saturated rings. The molecular formula is C13H12ClNO4. The van der Waals surface area contributed by atoms with Crippen LogP contribution >= 0.6 is 11.6 Å². The van der Waals surface area contributed by atoms with Gasteiger partial charge in [0.05, 0.1) is 4.92 Å². The smallest absolute Gasteiger partial charge is 0.331 e. The van der Waals surface area contributed by atoms with Crippen LogP contribution in [0.5, 0.6) is 0 Å². The second-order valence-electron chi connectivity index (χ2n) is 3.98. The maximum Gasteiger partial charge on any atom is 0.331 e. The molecule has 0 saturated carbocycles. The molecule has 0 bridgehead atoms. The van der Waals surface area contributed by atoms with Gasteiger partial charge >= 0.3 is 5.97 Å². The molecule has 5 nitrogen and oxygen atoms in total. The molecule has 1 rings (SSSR count). The van der Waals surface area contributed by atoms with Gasteiger partial charge in [-0.2, -0.15) is 0 Å². The number of nitrogens with zero attached hydrogens (tertiary/aromatic N) is 1. The van der Waals surface area contributed by atoms with E-state index in [1.54, 1.807) is 13.0 Å². The molecule has 0 spiro atoms. The average molecular weight is 282 g/mol. The summed E-state index contributed by atoms with van der Waals surface area (Å²) in [6, 6.07) is 4.09. The van der Waals surface area contributed by atoms with Crippen molar-refractivity contribution in [2.24, 2.45) is 0 Å². The van der Waals surface area contributed by atoms with E-state index in [-0.39, 0.29) is 11.3 Å². The highest BCUT2D eigenvalue weighted by atomic mass is 35.5. The monoisotopic (exact) mass is 281 g/mol. The van der Waals surface area contributed by atoms with E-state index >= 15 is 0 Å². The normalized spacial score (nSPS) is 12.4. The Kier molecular flexibility index (Phi) is 4.83. The maximum atomic E-state index is 10.7. The van der Waals surface area contributed by atoms with E-state index in [1.807, 2.05) is 0 Å². The number of benzene rings is 1. The lowest BCUT2D eigenvalue weighted by Gasteiger charge is -2.00. The Bertz CT molecular complexity index is 590. The Morgan fingerprint density at radius 1 is 1.42 bits per heavy atom. The van der Waals surface area contributed by atoms with Crippen LogP contribution in [0.2, 0.25) is 5.02 Å². The van der Waals surface area contributed by atoms with Crippen LogP contribution in [-0.2, 0) is 4.79 Å². The van der Waals surface area contributed by atoms with Gasteiger partial charge in [-0.15, -0.1) is 0 Å². The van der Waals surface area contributed by atoms with E-state index in [0.29, 0.717) is 16.2 Å². The third-order valence-electron chi connectivity index (χ3n) is 2.36. The zero-order valence-electron chi connectivity index (χ0n) is 10.4. The predicted octanol–water partition coefficient (Wildman–Crippen LogP) is 3.68. The zero-order chi connectivity index (χ0) is 14.6. The fraction of sp³-hybridized carbons (Fsp3) is 0.154. The first-order chi connectivity index (χ1) is 8.81. The van der Waals surface area contributed by atoms with E-state index in [9.17, 15) is 14.9 Å². The first-order valence-electron chi connectivity index (χ1n) is 5.35. The van der Waals surface area contributed by atoms with Gasteiger partial charge in [0.1, 0.15) is 0 Å². The first-order valence-corrected chi connectivity index (χ1v) is 5.73. The summed E-state index contributed by atoms with van der Waals surface area (Å²) in [5.74, 6) is -1.02. The Labute approximate surface area is 115 Å². The molecule has 0 aliphatic carbocycles. The summed E-state index contributed by atoms with van der Waals surface area (Å²) in [4.78, 5) is 20.8. The molecule has 1 aromatic carbocycles. The molecule has 0 aliphatic rings. The lowest BCUT2D eigenvalue weighted by atomic mass is 10.1. The summed E-state index contributed by atoms with van der Waals surface area (Å²) in [6.45, 7) is 3.16. The van der Waals surface area contributed by atoms with Gasteiger partial charge in [0, 0.05) is 28.3 Å². The lowest BCUT2D eigenvalue weighted by molar-refractivity contribution is -0.384. The van der Waals surface area contributed by atoms with Crippen molar-refractivity contribution in [3.05, 3.63) is 56.1 Å². The second-order valence-corrected chi connectivity index (χ2v) is 4.39. The number of carbonyl (C=O) groups is 1. The Morgan fingerprint density at radius 2 is 2.05 bits per heavy atom. The second kappa shape index (κ2) is 6.15. The summed E-state index contributed by atoms with van der Waals surface area (Å²) in [7, 11) is 0. The Morgan fingerprint density at radius 3 is 2.58 bits per heavy atom. The minimum absolute atomic E-state index is 0.0672. The highest BCUT2D eigenvalue weighted by Crippen LogP contribution is 2.24. The molecule has 1 aromatic rings. The number of halogens is 1. The number of allylic oxidation sites excluding steroid dienone is 2. The molecular weight excluding hydrogens is 270 g/mol. The highest BCUT2D eigenvalue weighted by molar-refractivity contribution is 6.32. The Hall–Kier alpha value is -2.14. The van der Waals surface area contributed by atoms with Crippen molar-refractivity contribution in [2.45, 2.75) is 13.8 Å². The Balaban J connectivity index is 3.17. The number of rotatable bonds is 4. The van der Waals surface area contributed by atoms with E-state index in [0.717, 1.165) is 0 Å². The third-order valence-corrected chi connectivity index (χ3v) is 2.70. The van der Waals surface area contributed by atoms with Crippen LogP contribution in [0.25, 0.3) is 6.08 Å². The number of hydrogen-bond acceptors (Lipinski definition) is 3. The molecule has 0 saturated heterocycles. The molecule has 0 atom stereocenters. The quantitative estimate of drug-likeness (QED) is 0.395. The molecule has 0 aliphatic heterocycles. The number of hydrogen-bond donors (Lipinski definition) is 1. The van der Waals surface area contributed by atoms with Gasteiger partial charge in [0.15, 0.2) is 0 Å². The molecule has 19 heavy (non-hydrogen) atoms. The lowest BCUT2D eigenvalue weighted by Crippen LogP contribution is -1.95. The summed E-state index contributed by atoms with van der Waals surface area (Å²) >= 11 is 5.94. The van der Waals surface area contributed by atoms with Gasteiger partial charge in [0.25, 0.3) is 5.69 Å². The first kappa shape index (κ1) is 14.9. The van der Waals surface area contributed by atoms with Crippen LogP contribution in [0, 0.1) is 10.1 Å². The molecule has 100 valence electrons. The number of carboxylic acids is 1. The van der Waals surface area contributed by atoms with Gasteiger partial charge in [-0.05, 0) is 31.6 Å². The molecule has 0 amide bonds. The summed E-state index contributed by atoms with van der Waals surface area (Å²) in [6.07, 6.45) is 3.07. The summed E-state index contributed by atoms with van der Waals surface area (Å²) < 4.78 is 0. The van der Waals surface area contributed by atoms with Crippen molar-refractivity contribution in [2.75, 3.05) is 0 Å². The van der Waals surface area contributed by atoms with Gasteiger partial charge in [-0.3, -0.25) is 10.1 Å². The topological polar surface area (TPSA) is 80.4 Å². The molecule has 6 heteroatoms. The third kappa shape index (κ3) is 4.22. The van der Waals surface area contributed by atoms with Crippen LogP contribution in [0.1, 0.15) is 19.4 Å². The number of nitro groups is 1. The number of aliphatic carboxylic acids is 1. The van der Waals surface area contributed by atoms with Crippen LogP contribution < -0.4 is 0 Å². The molecule has 1 N–H and O–H groups in total. The SMILES string of the molecule is CC(=Cc1cc([N+](=O)[O-])ccc1Cl)C=C(C)C(=O)O. The van der Waals surface area contributed by atoms with Crippen molar-refractivity contribution in [1.29, 1.82) is 0 Å². The fourth-order valence-corrected chi connectivity index (χ4v) is 1.62. The van der Waals surface area contributed by atoms with Crippen molar-refractivity contribution >= 4 is 29.3 Å². The number of non-ortho nitro benzene ring substituents is 1. The standard InChI is InChI=1S/C13H12ClNO4/c1-8(5-9(2)13(16)17)6-10-7-11(15(18)19)3-4-12(10)14/h3-7H,1-2H3,(H,16,17). The van der Waals surface area contributed by atoms with Crippen LogP contribution in [0.4, 0.5) is 5.69 Å². The van der Waals surface area contributed by atoms with E-state index < -0.39 is 10.9 Å². The maximum absolute atomic E-state index is 10.7. The van der Waals surface area contributed by atoms with Crippen molar-refractivity contribution in [1.82, 2.24) is 0 Å². The highest BCUT2D eigenvalue weighted by Gasteiger charge is 2.08. The largest absolute Gasteiger partial charge is 0.478 e. The summed E-state index contributed by atoms with van der Waals surface area (Å²) in [5, 5.41) is 19.8. The van der Waals surface area contributed by atoms with Crippen LogP contribution in [0.15, 0.2) is 35.4 Å². The molecule has 0 radical (unpaired) electrons. The van der Waals surface area contributed by atoms with Gasteiger partial charge in [-0.25, -0.2) is 4.79 Å². The van der Waals surface area contributed by atoms with Gasteiger partial charge < -0.3 is 5.11 Å². The average Bonchev–Trinajstić information content (AvgIpc) is 2.31. The zero-order valence-corrected chi connectivity index (χ0v) is 11.1. The molecule has 0 aromatic heterocycles. The van der Waals surface area contributed by atoms with Crippen LogP contribution in [0.3, 0.4) is 0 Å². The van der Waals surface area contributed by atoms with Crippen LogP contribution in [-0.4, -0.2) is 16.0 Å². The molecule has 0 unspecified atom stereocenters. The summed E-state index contributed by atoms with van der Waals surface area (Å²) in [5.41, 5.74) is 1.22. The number of carboxylic acid groups (broad SMARTS) is 1. The fourth-order valence-electron chi connectivity index (χ4n) is 1.45. The van der Waals surface area contributed by atoms with E-state index in [1.165, 1.54) is 31.2 Å². The van der Waals surface area contributed by atoms with Gasteiger partial charge in [-0.1, -0.05) is 17.7 Å². The van der Waals surface area contributed by atoms with Crippen molar-refractivity contribution in [3.8, 4) is 0 Å². The van der Waals surface area contributed by atoms with E-state index in [2.05, 4.69) is 0 Å². The molecule has 0 heterocycles. The van der Waals surface area contributed by atoms with Crippen molar-refractivity contribution in [3.63, 3.8) is 0 Å². The van der Waals surface area contributed by atoms with Gasteiger partial charge in [0.2, 0.25) is 0 Å².